The fourth-order valence-corrected chi connectivity index (χ4v) is 3.58. The van der Waals surface area contributed by atoms with Crippen LogP contribution in [0, 0.1) is 0 Å². The second-order valence-electron chi connectivity index (χ2n) is 4.22. The molecule has 1 aromatic heterocycles. The standard InChI is InChI=1S/C13H11Cl2NO2S2/c1-7(2)8-3-5-9(6-4-8)18-13(17)20-12-16-10(14)11(15)19-12/h3-7H,1-2H3. The van der Waals surface area contributed by atoms with Gasteiger partial charge in [0, 0.05) is 11.8 Å². The molecule has 0 unspecified atom stereocenters. The van der Waals surface area contributed by atoms with Crippen LogP contribution in [0.2, 0.25) is 9.49 Å². The van der Waals surface area contributed by atoms with Crippen molar-refractivity contribution in [3.8, 4) is 5.75 Å². The van der Waals surface area contributed by atoms with Gasteiger partial charge in [-0.3, -0.25) is 0 Å². The van der Waals surface area contributed by atoms with Crippen molar-refractivity contribution in [1.29, 1.82) is 0 Å². The zero-order chi connectivity index (χ0) is 14.7. The van der Waals surface area contributed by atoms with E-state index in [4.69, 9.17) is 27.9 Å². The Bertz CT molecular complexity index is 592. The first-order valence-electron chi connectivity index (χ1n) is 5.77. The summed E-state index contributed by atoms with van der Waals surface area (Å²) in [5, 5.41) is -0.266. The first-order valence-corrected chi connectivity index (χ1v) is 8.16. The van der Waals surface area contributed by atoms with E-state index in [-0.39, 0.29) is 5.15 Å². The molecule has 0 N–H and O–H groups in total. The molecule has 1 heterocycles. The molecule has 0 amide bonds. The highest BCUT2D eigenvalue weighted by molar-refractivity contribution is 8.14. The van der Waals surface area contributed by atoms with Crippen molar-refractivity contribution >= 4 is 51.6 Å². The molecule has 2 rings (SSSR count). The van der Waals surface area contributed by atoms with E-state index in [1.807, 2.05) is 12.1 Å². The first-order chi connectivity index (χ1) is 9.45. The molecule has 0 spiro atoms. The largest absolute Gasteiger partial charge is 0.418 e. The molecule has 106 valence electrons. The molecule has 0 aliphatic heterocycles. The fraction of sp³-hybridized carbons (Fsp3) is 0.231. The average molecular weight is 348 g/mol. The number of hydrogen-bond acceptors (Lipinski definition) is 5. The summed E-state index contributed by atoms with van der Waals surface area (Å²) in [4.78, 5) is 15.7. The van der Waals surface area contributed by atoms with E-state index in [0.29, 0.717) is 20.3 Å². The third-order valence-corrected chi connectivity index (χ3v) is 4.99. The molecule has 0 aliphatic rings. The second-order valence-corrected chi connectivity index (χ2v) is 7.36. The van der Waals surface area contributed by atoms with Gasteiger partial charge in [-0.2, -0.15) is 0 Å². The van der Waals surface area contributed by atoms with Gasteiger partial charge < -0.3 is 4.74 Å². The van der Waals surface area contributed by atoms with E-state index < -0.39 is 5.30 Å². The molecule has 0 radical (unpaired) electrons. The molecule has 1 aromatic carbocycles. The zero-order valence-electron chi connectivity index (χ0n) is 10.7. The number of nitrogens with zero attached hydrogens (tertiary/aromatic N) is 1. The Morgan fingerprint density at radius 3 is 2.45 bits per heavy atom. The van der Waals surface area contributed by atoms with Crippen LogP contribution in [0.5, 0.6) is 5.75 Å². The summed E-state index contributed by atoms with van der Waals surface area (Å²) in [6.45, 7) is 4.21. The van der Waals surface area contributed by atoms with E-state index in [1.165, 1.54) is 5.56 Å². The molecule has 7 heteroatoms. The summed E-state index contributed by atoms with van der Waals surface area (Å²) in [6, 6.07) is 7.43. The molecular formula is C13H11Cl2NO2S2. The van der Waals surface area contributed by atoms with Crippen molar-refractivity contribution < 1.29 is 9.53 Å². The van der Waals surface area contributed by atoms with Crippen LogP contribution in [0.25, 0.3) is 0 Å². The van der Waals surface area contributed by atoms with Gasteiger partial charge in [-0.15, -0.1) is 0 Å². The first kappa shape index (κ1) is 15.6. The summed E-state index contributed by atoms with van der Waals surface area (Å²) in [7, 11) is 0. The molecule has 0 bridgehead atoms. The maximum Gasteiger partial charge on any atom is 0.379 e. The number of carbonyl (C=O) groups excluding carboxylic acids is 1. The van der Waals surface area contributed by atoms with Gasteiger partial charge in [-0.25, -0.2) is 9.78 Å². The van der Waals surface area contributed by atoms with E-state index in [1.54, 1.807) is 12.1 Å². The average Bonchev–Trinajstić information content (AvgIpc) is 2.68. The van der Waals surface area contributed by atoms with Gasteiger partial charge in [0.05, 0.1) is 0 Å². The van der Waals surface area contributed by atoms with Crippen LogP contribution < -0.4 is 4.74 Å². The Morgan fingerprint density at radius 2 is 1.95 bits per heavy atom. The van der Waals surface area contributed by atoms with Crippen LogP contribution >= 0.6 is 46.3 Å². The summed E-state index contributed by atoms with van der Waals surface area (Å²) < 4.78 is 6.03. The summed E-state index contributed by atoms with van der Waals surface area (Å²) in [5.41, 5.74) is 1.19. The number of carbonyl (C=O) groups is 1. The van der Waals surface area contributed by atoms with Crippen LogP contribution in [0.3, 0.4) is 0 Å². The third kappa shape index (κ3) is 4.12. The lowest BCUT2D eigenvalue weighted by Gasteiger charge is -2.06. The number of aromatic nitrogens is 1. The van der Waals surface area contributed by atoms with Crippen molar-refractivity contribution in [2.45, 2.75) is 24.1 Å². The number of ether oxygens (including phenoxy) is 1. The molecule has 2 aromatic rings. The van der Waals surface area contributed by atoms with E-state index in [0.717, 1.165) is 23.1 Å². The SMILES string of the molecule is CC(C)c1ccc(OC(=O)Sc2nc(Cl)c(Cl)s2)cc1. The molecule has 0 fully saturated rings. The highest BCUT2D eigenvalue weighted by atomic mass is 35.5. The van der Waals surface area contributed by atoms with Gasteiger partial charge in [0.15, 0.2) is 9.49 Å². The minimum atomic E-state index is -0.468. The maximum absolute atomic E-state index is 11.7. The zero-order valence-corrected chi connectivity index (χ0v) is 13.9. The van der Waals surface area contributed by atoms with E-state index in [9.17, 15) is 4.79 Å². The number of benzene rings is 1. The van der Waals surface area contributed by atoms with Gasteiger partial charge in [-0.05, 0) is 23.6 Å². The number of rotatable bonds is 3. The lowest BCUT2D eigenvalue weighted by Crippen LogP contribution is -2.00. The molecule has 0 atom stereocenters. The van der Waals surface area contributed by atoms with Gasteiger partial charge in [0.1, 0.15) is 10.1 Å². The maximum atomic E-state index is 11.7. The molecule has 0 saturated carbocycles. The normalized spacial score (nSPS) is 10.8. The van der Waals surface area contributed by atoms with Crippen molar-refractivity contribution in [2.24, 2.45) is 0 Å². The minimum absolute atomic E-state index is 0.202. The van der Waals surface area contributed by atoms with Gasteiger partial charge in [0.2, 0.25) is 0 Å². The van der Waals surface area contributed by atoms with Crippen molar-refractivity contribution in [3.63, 3.8) is 0 Å². The molecule has 0 aliphatic carbocycles. The van der Waals surface area contributed by atoms with Gasteiger partial charge >= 0.3 is 5.30 Å². The Morgan fingerprint density at radius 1 is 1.30 bits per heavy atom. The quantitative estimate of drug-likeness (QED) is 0.514. The summed E-state index contributed by atoms with van der Waals surface area (Å²) in [6.07, 6.45) is 0. The number of thioether (sulfide) groups is 1. The number of thiazole rings is 1. The van der Waals surface area contributed by atoms with Crippen LogP contribution in [-0.2, 0) is 0 Å². The molecular weight excluding hydrogens is 337 g/mol. The predicted molar refractivity (Wildman–Crippen MR) is 84.5 cm³/mol. The third-order valence-electron chi connectivity index (χ3n) is 2.45. The van der Waals surface area contributed by atoms with Crippen LogP contribution in [0.15, 0.2) is 28.6 Å². The fourth-order valence-electron chi connectivity index (χ4n) is 1.42. The van der Waals surface area contributed by atoms with Crippen LogP contribution in [0.4, 0.5) is 4.79 Å². The Labute approximate surface area is 135 Å². The van der Waals surface area contributed by atoms with Gasteiger partial charge in [-0.1, -0.05) is 60.5 Å². The van der Waals surface area contributed by atoms with Crippen molar-refractivity contribution in [2.75, 3.05) is 0 Å². The Hall–Kier alpha value is -0.750. The second kappa shape index (κ2) is 6.80. The lowest BCUT2D eigenvalue weighted by atomic mass is 10.0. The van der Waals surface area contributed by atoms with Crippen LogP contribution in [-0.4, -0.2) is 10.3 Å². The highest BCUT2D eigenvalue weighted by Gasteiger charge is 2.14. The van der Waals surface area contributed by atoms with E-state index in [2.05, 4.69) is 18.8 Å². The Balaban J connectivity index is 1.97. The summed E-state index contributed by atoms with van der Waals surface area (Å²) in [5.74, 6) is 0.939. The van der Waals surface area contributed by atoms with Crippen LogP contribution in [0.1, 0.15) is 25.3 Å². The molecule has 0 saturated heterocycles. The van der Waals surface area contributed by atoms with Crippen molar-refractivity contribution in [1.82, 2.24) is 4.98 Å². The van der Waals surface area contributed by atoms with Crippen molar-refractivity contribution in [3.05, 3.63) is 39.3 Å². The molecule has 20 heavy (non-hydrogen) atoms. The predicted octanol–water partition coefficient (Wildman–Crippen LogP) is 5.86. The monoisotopic (exact) mass is 347 g/mol. The number of halogens is 2. The van der Waals surface area contributed by atoms with Gasteiger partial charge in [0.25, 0.3) is 0 Å². The summed E-state index contributed by atoms with van der Waals surface area (Å²) >= 11 is 13.5. The number of hydrogen-bond donors (Lipinski definition) is 0. The molecule has 3 nitrogen and oxygen atoms in total. The lowest BCUT2D eigenvalue weighted by molar-refractivity contribution is 0.227. The Kier molecular flexibility index (Phi) is 5.32. The highest BCUT2D eigenvalue weighted by Crippen LogP contribution is 2.34. The topological polar surface area (TPSA) is 39.2 Å². The van der Waals surface area contributed by atoms with E-state index >= 15 is 0 Å². The minimum Gasteiger partial charge on any atom is -0.418 e. The smallest absolute Gasteiger partial charge is 0.379 e.